The summed E-state index contributed by atoms with van der Waals surface area (Å²) in [6.45, 7) is 0. The molecule has 7 nitrogen and oxygen atoms in total. The minimum atomic E-state index is -0.361. The third kappa shape index (κ3) is 2.64. The summed E-state index contributed by atoms with van der Waals surface area (Å²) in [6, 6.07) is 8.13. The number of aliphatic hydroxyl groups excluding tert-OH is 1. The molecule has 3 aliphatic rings. The molecule has 2 amide bonds. The molecule has 146 valence electrons. The Labute approximate surface area is 161 Å². The number of fused-ring (bicyclic) bond motifs is 2. The Morgan fingerprint density at radius 3 is 2.57 bits per heavy atom. The largest absolute Gasteiger partial charge is 0.393 e. The second kappa shape index (κ2) is 6.17. The average molecular weight is 381 g/mol. The van der Waals surface area contributed by atoms with Crippen molar-refractivity contribution in [3.8, 4) is 0 Å². The first-order chi connectivity index (χ1) is 13.5. The molecule has 1 aromatic heterocycles. The number of nitrogens with one attached hydrogen (secondary N) is 3. The van der Waals surface area contributed by atoms with Crippen molar-refractivity contribution in [3.05, 3.63) is 46.2 Å². The van der Waals surface area contributed by atoms with Gasteiger partial charge in [-0.3, -0.25) is 14.4 Å². The Bertz CT molecular complexity index is 1030. The van der Waals surface area contributed by atoms with Gasteiger partial charge in [-0.2, -0.15) is 0 Å². The molecule has 4 N–H and O–H groups in total. The number of pyridine rings is 1. The van der Waals surface area contributed by atoms with Crippen LogP contribution in [0.3, 0.4) is 0 Å². The molecule has 5 atom stereocenters. The van der Waals surface area contributed by atoms with E-state index in [1.54, 1.807) is 18.2 Å². The third-order valence-corrected chi connectivity index (χ3v) is 6.75. The van der Waals surface area contributed by atoms with Gasteiger partial charge in [0.25, 0.3) is 5.91 Å². The van der Waals surface area contributed by atoms with E-state index in [1.807, 2.05) is 6.07 Å². The van der Waals surface area contributed by atoms with Crippen molar-refractivity contribution < 1.29 is 14.7 Å². The van der Waals surface area contributed by atoms with Crippen LogP contribution in [-0.4, -0.2) is 40.1 Å². The summed E-state index contributed by atoms with van der Waals surface area (Å²) in [4.78, 5) is 40.6. The van der Waals surface area contributed by atoms with Crippen molar-refractivity contribution >= 4 is 22.7 Å². The van der Waals surface area contributed by atoms with E-state index >= 15 is 0 Å². The first kappa shape index (κ1) is 17.4. The quantitative estimate of drug-likeness (QED) is 0.635. The number of para-hydroxylation sites is 1. The van der Waals surface area contributed by atoms with Crippen molar-refractivity contribution in [2.24, 2.45) is 11.3 Å². The molecular formula is C21H23N3O4. The molecule has 3 saturated carbocycles. The van der Waals surface area contributed by atoms with E-state index in [-0.39, 0.29) is 52.5 Å². The van der Waals surface area contributed by atoms with E-state index in [9.17, 15) is 19.5 Å². The molecule has 0 spiro atoms. The van der Waals surface area contributed by atoms with Gasteiger partial charge in [0.1, 0.15) is 5.69 Å². The number of hydrogen-bond acceptors (Lipinski definition) is 4. The van der Waals surface area contributed by atoms with Crippen LogP contribution in [0.2, 0.25) is 0 Å². The van der Waals surface area contributed by atoms with Crippen LogP contribution in [0.1, 0.15) is 42.6 Å². The molecule has 3 aliphatic carbocycles. The van der Waals surface area contributed by atoms with Crippen LogP contribution in [-0.2, 0) is 4.79 Å². The van der Waals surface area contributed by atoms with Gasteiger partial charge in [0, 0.05) is 35.0 Å². The summed E-state index contributed by atoms with van der Waals surface area (Å²) >= 11 is 0. The van der Waals surface area contributed by atoms with Crippen LogP contribution in [0.4, 0.5) is 0 Å². The molecule has 2 aromatic rings. The summed E-state index contributed by atoms with van der Waals surface area (Å²) in [7, 11) is 0. The molecular weight excluding hydrogens is 358 g/mol. The summed E-state index contributed by atoms with van der Waals surface area (Å²) in [5.41, 5.74) is 0.292. The van der Waals surface area contributed by atoms with Gasteiger partial charge in [-0.25, -0.2) is 0 Å². The van der Waals surface area contributed by atoms with Gasteiger partial charge in [-0.15, -0.1) is 0 Å². The van der Waals surface area contributed by atoms with Crippen molar-refractivity contribution in [2.45, 2.75) is 50.3 Å². The Hall–Kier alpha value is -2.67. The van der Waals surface area contributed by atoms with Gasteiger partial charge >= 0.3 is 0 Å². The number of benzene rings is 1. The predicted octanol–water partition coefficient (Wildman–Crippen LogP) is 1.07. The number of amides is 2. The summed E-state index contributed by atoms with van der Waals surface area (Å²) in [5.74, 6) is -0.215. The predicted molar refractivity (Wildman–Crippen MR) is 103 cm³/mol. The maximum absolute atomic E-state index is 12.7. The second-order valence-corrected chi connectivity index (χ2v) is 8.42. The van der Waals surface area contributed by atoms with Crippen molar-refractivity contribution in [1.29, 1.82) is 0 Å². The van der Waals surface area contributed by atoms with E-state index in [2.05, 4.69) is 15.6 Å². The molecule has 3 fully saturated rings. The van der Waals surface area contributed by atoms with Gasteiger partial charge in [0.05, 0.1) is 11.5 Å². The fourth-order valence-corrected chi connectivity index (χ4v) is 4.96. The van der Waals surface area contributed by atoms with Crippen LogP contribution >= 0.6 is 0 Å². The second-order valence-electron chi connectivity index (χ2n) is 8.42. The van der Waals surface area contributed by atoms with Gasteiger partial charge in [-0.05, 0) is 44.2 Å². The van der Waals surface area contributed by atoms with Crippen molar-refractivity contribution in [3.63, 3.8) is 0 Å². The van der Waals surface area contributed by atoms with Crippen LogP contribution < -0.4 is 16.1 Å². The number of rotatable bonds is 4. The third-order valence-electron chi connectivity index (χ3n) is 6.75. The minimum absolute atomic E-state index is 0.00746. The number of hydrogen-bond donors (Lipinski definition) is 4. The zero-order valence-electron chi connectivity index (χ0n) is 15.4. The van der Waals surface area contributed by atoms with Gasteiger partial charge < -0.3 is 20.7 Å². The number of carbonyl (C=O) groups is 2. The molecule has 7 heteroatoms. The van der Waals surface area contributed by atoms with E-state index in [0.29, 0.717) is 17.3 Å². The monoisotopic (exact) mass is 381 g/mol. The topological polar surface area (TPSA) is 111 Å². The smallest absolute Gasteiger partial charge is 0.268 e. The highest BCUT2D eigenvalue weighted by Gasteiger charge is 2.71. The minimum Gasteiger partial charge on any atom is -0.393 e. The highest BCUT2D eigenvalue weighted by Crippen LogP contribution is 2.67. The Kier molecular flexibility index (Phi) is 3.84. The lowest BCUT2D eigenvalue weighted by atomic mass is 9.81. The first-order valence-electron chi connectivity index (χ1n) is 9.90. The molecule has 1 aromatic carbocycles. The van der Waals surface area contributed by atoms with Crippen molar-refractivity contribution in [2.75, 3.05) is 0 Å². The number of aromatic nitrogens is 1. The van der Waals surface area contributed by atoms with Gasteiger partial charge in [0.15, 0.2) is 5.43 Å². The lowest BCUT2D eigenvalue weighted by Crippen LogP contribution is -2.52. The van der Waals surface area contributed by atoms with E-state index in [0.717, 1.165) is 25.7 Å². The standard InChI is InChI=1S/C21H23N3O4/c25-17-8-16(22-13-5-2-1-4-11(13)17)19(27)23-14-6-3-7-15(14)24-20(28)21-9-12(21)18(26)10-21/h1-2,4-5,8,12,14-15,18,26H,3,6-7,9-10H2,(H,22,25)(H,23,27)(H,24,28)/t12-,14+,15-,18+,21-/m0/s1. The van der Waals surface area contributed by atoms with Crippen LogP contribution in [0.25, 0.3) is 10.9 Å². The number of H-pyrrole nitrogens is 1. The zero-order valence-corrected chi connectivity index (χ0v) is 15.4. The Balaban J connectivity index is 1.28. The van der Waals surface area contributed by atoms with Crippen LogP contribution in [0, 0.1) is 11.3 Å². The highest BCUT2D eigenvalue weighted by molar-refractivity contribution is 5.95. The maximum atomic E-state index is 12.7. The Morgan fingerprint density at radius 1 is 1.11 bits per heavy atom. The molecule has 0 bridgehead atoms. The molecule has 0 radical (unpaired) electrons. The molecule has 28 heavy (non-hydrogen) atoms. The van der Waals surface area contributed by atoms with Crippen LogP contribution in [0.15, 0.2) is 35.1 Å². The fraction of sp³-hybridized carbons (Fsp3) is 0.476. The molecule has 0 aliphatic heterocycles. The summed E-state index contributed by atoms with van der Waals surface area (Å²) in [5, 5.41) is 16.3. The molecule has 1 heterocycles. The molecule has 0 saturated heterocycles. The maximum Gasteiger partial charge on any atom is 0.268 e. The van der Waals surface area contributed by atoms with E-state index in [1.165, 1.54) is 6.07 Å². The average Bonchev–Trinajstić information content (AvgIpc) is 3.11. The first-order valence-corrected chi connectivity index (χ1v) is 9.90. The van der Waals surface area contributed by atoms with Crippen molar-refractivity contribution in [1.82, 2.24) is 15.6 Å². The normalized spacial score (nSPS) is 33.0. The van der Waals surface area contributed by atoms with Crippen LogP contribution in [0.5, 0.6) is 0 Å². The van der Waals surface area contributed by atoms with Gasteiger partial charge in [-0.1, -0.05) is 12.1 Å². The lowest BCUT2D eigenvalue weighted by Gasteiger charge is -2.32. The SMILES string of the molecule is O=C(N[C@@H]1CCC[C@@H]1NC(=O)[C@@]12C[C@@H](O)[C@@H]1C2)c1cc(=O)c2ccccc2[nH]1. The summed E-state index contributed by atoms with van der Waals surface area (Å²) < 4.78 is 0. The lowest BCUT2D eigenvalue weighted by molar-refractivity contribution is -0.134. The fourth-order valence-electron chi connectivity index (χ4n) is 4.96. The highest BCUT2D eigenvalue weighted by atomic mass is 16.3. The number of aromatic amines is 1. The number of aliphatic hydroxyl groups is 1. The molecule has 5 rings (SSSR count). The molecule has 0 unspecified atom stereocenters. The van der Waals surface area contributed by atoms with E-state index in [4.69, 9.17) is 0 Å². The summed E-state index contributed by atoms with van der Waals surface area (Å²) in [6.07, 6.45) is 3.49. The zero-order chi connectivity index (χ0) is 19.5. The van der Waals surface area contributed by atoms with Gasteiger partial charge in [0.2, 0.25) is 5.91 Å². The van der Waals surface area contributed by atoms with E-state index < -0.39 is 0 Å². The number of carbonyl (C=O) groups excluding carboxylic acids is 2. The Morgan fingerprint density at radius 2 is 1.86 bits per heavy atom.